The molecule has 1 aliphatic rings. The molecule has 2 aromatic carbocycles. The molecule has 0 bridgehead atoms. The Morgan fingerprint density at radius 3 is 2.71 bits per heavy atom. The quantitative estimate of drug-likeness (QED) is 0.574. The number of hydrogen-bond acceptors (Lipinski definition) is 5. The highest BCUT2D eigenvalue weighted by Crippen LogP contribution is 2.31. The number of para-hydroxylation sites is 2. The van der Waals surface area contributed by atoms with E-state index in [1.807, 2.05) is 31.2 Å². The maximum atomic E-state index is 12.5. The first-order valence-electron chi connectivity index (χ1n) is 10.5. The van der Waals surface area contributed by atoms with Crippen molar-refractivity contribution < 1.29 is 14.3 Å². The third kappa shape index (κ3) is 4.99. The van der Waals surface area contributed by atoms with Gasteiger partial charge in [0.1, 0.15) is 5.82 Å². The zero-order valence-corrected chi connectivity index (χ0v) is 18.2. The lowest BCUT2D eigenvalue weighted by atomic mass is 10.1. The zero-order valence-electron chi connectivity index (χ0n) is 17.4. The molecule has 8 heteroatoms. The molecular weight excluding hydrogens is 416 g/mol. The maximum Gasteiger partial charge on any atom is 0.262 e. The molecule has 3 aromatic rings. The average molecular weight is 441 g/mol. The summed E-state index contributed by atoms with van der Waals surface area (Å²) in [5.41, 5.74) is 1.37. The van der Waals surface area contributed by atoms with Crippen LogP contribution in [0.3, 0.4) is 0 Å². The molecule has 0 saturated heterocycles. The van der Waals surface area contributed by atoms with Gasteiger partial charge in [-0.1, -0.05) is 30.2 Å². The van der Waals surface area contributed by atoms with Crippen LogP contribution in [0.4, 0.5) is 5.69 Å². The molecule has 0 unspecified atom stereocenters. The number of nitrogens with one attached hydrogen (secondary N) is 1. The Balaban J connectivity index is 1.47. The van der Waals surface area contributed by atoms with Crippen molar-refractivity contribution >= 4 is 23.2 Å². The van der Waals surface area contributed by atoms with Crippen molar-refractivity contribution in [3.63, 3.8) is 0 Å². The van der Waals surface area contributed by atoms with Gasteiger partial charge in [0.25, 0.3) is 5.91 Å². The number of aryl methyl sites for hydroxylation is 1. The number of fused-ring (bicyclic) bond motifs is 1. The molecule has 0 radical (unpaired) electrons. The van der Waals surface area contributed by atoms with Crippen LogP contribution in [0.25, 0.3) is 11.4 Å². The van der Waals surface area contributed by atoms with Crippen LogP contribution in [0.15, 0.2) is 42.5 Å². The molecule has 1 aromatic heterocycles. The molecule has 0 fully saturated rings. The summed E-state index contributed by atoms with van der Waals surface area (Å²) < 4.78 is 13.3. The minimum Gasteiger partial charge on any atom is -0.490 e. The molecule has 0 atom stereocenters. The van der Waals surface area contributed by atoms with Gasteiger partial charge in [-0.2, -0.15) is 0 Å². The second kappa shape index (κ2) is 9.83. The molecule has 162 valence electrons. The number of anilines is 1. The second-order valence-electron chi connectivity index (χ2n) is 7.31. The van der Waals surface area contributed by atoms with Crippen molar-refractivity contribution in [3.8, 4) is 22.9 Å². The Bertz CT molecular complexity index is 1070. The fraction of sp³-hybridized carbons (Fsp3) is 0.348. The van der Waals surface area contributed by atoms with Gasteiger partial charge in [-0.25, -0.2) is 0 Å². The van der Waals surface area contributed by atoms with Crippen molar-refractivity contribution in [1.29, 1.82) is 0 Å². The third-order valence-corrected chi connectivity index (χ3v) is 5.44. The number of nitrogens with zero attached hydrogens (tertiary/aromatic N) is 3. The molecule has 1 N–H and O–H groups in total. The Morgan fingerprint density at radius 1 is 1.10 bits per heavy atom. The summed E-state index contributed by atoms with van der Waals surface area (Å²) in [6.07, 6.45) is 4.31. The van der Waals surface area contributed by atoms with Crippen LogP contribution in [0.5, 0.6) is 11.5 Å². The van der Waals surface area contributed by atoms with E-state index in [1.165, 1.54) is 6.42 Å². The number of benzene rings is 2. The first kappa shape index (κ1) is 21.2. The molecular formula is C23H25ClN4O3. The second-order valence-corrected chi connectivity index (χ2v) is 7.72. The highest BCUT2D eigenvalue weighted by Gasteiger charge is 2.18. The summed E-state index contributed by atoms with van der Waals surface area (Å²) in [4.78, 5) is 12.5. The zero-order chi connectivity index (χ0) is 21.6. The van der Waals surface area contributed by atoms with E-state index in [0.717, 1.165) is 43.0 Å². The van der Waals surface area contributed by atoms with Crippen molar-refractivity contribution in [1.82, 2.24) is 14.8 Å². The number of carbonyl (C=O) groups is 1. The van der Waals surface area contributed by atoms with E-state index in [9.17, 15) is 4.79 Å². The fourth-order valence-corrected chi connectivity index (χ4v) is 3.85. The topological polar surface area (TPSA) is 78.3 Å². The molecule has 2 heterocycles. The third-order valence-electron chi connectivity index (χ3n) is 5.11. The monoisotopic (exact) mass is 440 g/mol. The maximum absolute atomic E-state index is 12.5. The molecule has 1 aliphatic heterocycles. The Kier molecular flexibility index (Phi) is 6.72. The van der Waals surface area contributed by atoms with Crippen molar-refractivity contribution in [3.05, 3.63) is 53.3 Å². The van der Waals surface area contributed by atoms with Crippen molar-refractivity contribution in [2.24, 2.45) is 0 Å². The highest BCUT2D eigenvalue weighted by molar-refractivity contribution is 6.33. The summed E-state index contributed by atoms with van der Waals surface area (Å²) >= 11 is 6.46. The van der Waals surface area contributed by atoms with E-state index in [4.69, 9.17) is 21.1 Å². The van der Waals surface area contributed by atoms with Gasteiger partial charge >= 0.3 is 0 Å². The SMILES string of the molecule is CCOc1ccccc1OCC(=O)Nc1ccc(Cl)c(-c2nnc3n2CCCCC3)c1. The largest absolute Gasteiger partial charge is 0.490 e. The minimum atomic E-state index is -0.278. The van der Waals surface area contributed by atoms with Crippen LogP contribution >= 0.6 is 11.6 Å². The predicted molar refractivity (Wildman–Crippen MR) is 120 cm³/mol. The lowest BCUT2D eigenvalue weighted by molar-refractivity contribution is -0.118. The van der Waals surface area contributed by atoms with Crippen LogP contribution in [-0.2, 0) is 17.8 Å². The Hall–Kier alpha value is -3.06. The Morgan fingerprint density at radius 2 is 1.90 bits per heavy atom. The first-order valence-corrected chi connectivity index (χ1v) is 10.9. The molecule has 0 saturated carbocycles. The standard InChI is InChI=1S/C23H25ClN4O3/c1-2-30-19-8-5-6-9-20(19)31-15-22(29)25-16-11-12-18(24)17(14-16)23-27-26-21-10-4-3-7-13-28(21)23/h5-6,8-9,11-12,14H,2-4,7,10,13,15H2,1H3,(H,25,29). The number of halogens is 1. The lowest BCUT2D eigenvalue weighted by Gasteiger charge is -2.13. The van der Waals surface area contributed by atoms with E-state index in [1.54, 1.807) is 18.2 Å². The highest BCUT2D eigenvalue weighted by atomic mass is 35.5. The number of amides is 1. The summed E-state index contributed by atoms with van der Waals surface area (Å²) in [5, 5.41) is 12.2. The van der Waals surface area contributed by atoms with Crippen LogP contribution in [-0.4, -0.2) is 33.9 Å². The smallest absolute Gasteiger partial charge is 0.262 e. The fourth-order valence-electron chi connectivity index (χ4n) is 3.64. The summed E-state index contributed by atoms with van der Waals surface area (Å²) in [6, 6.07) is 12.6. The van der Waals surface area contributed by atoms with E-state index in [2.05, 4.69) is 20.1 Å². The normalized spacial score (nSPS) is 13.2. The molecule has 0 spiro atoms. The van der Waals surface area contributed by atoms with Gasteiger partial charge in [-0.3, -0.25) is 4.79 Å². The van der Waals surface area contributed by atoms with Gasteiger partial charge in [0.2, 0.25) is 0 Å². The van der Waals surface area contributed by atoms with Crippen LogP contribution in [0.1, 0.15) is 32.0 Å². The van der Waals surface area contributed by atoms with Gasteiger partial charge in [-0.05, 0) is 50.1 Å². The molecule has 31 heavy (non-hydrogen) atoms. The van der Waals surface area contributed by atoms with Gasteiger partial charge in [0.05, 0.1) is 11.6 Å². The lowest BCUT2D eigenvalue weighted by Crippen LogP contribution is -2.20. The van der Waals surface area contributed by atoms with Crippen molar-refractivity contribution in [2.45, 2.75) is 39.2 Å². The predicted octanol–water partition coefficient (Wildman–Crippen LogP) is 4.74. The van der Waals surface area contributed by atoms with E-state index in [0.29, 0.717) is 28.8 Å². The van der Waals surface area contributed by atoms with E-state index < -0.39 is 0 Å². The number of hydrogen-bond donors (Lipinski definition) is 1. The number of rotatable bonds is 7. The van der Waals surface area contributed by atoms with E-state index in [-0.39, 0.29) is 12.5 Å². The number of carbonyl (C=O) groups excluding carboxylic acids is 1. The van der Waals surface area contributed by atoms with Gasteiger partial charge in [0.15, 0.2) is 23.9 Å². The van der Waals surface area contributed by atoms with Crippen molar-refractivity contribution in [2.75, 3.05) is 18.5 Å². The average Bonchev–Trinajstić information content (AvgIpc) is 3.02. The molecule has 4 rings (SSSR count). The molecule has 7 nitrogen and oxygen atoms in total. The first-order chi connectivity index (χ1) is 15.2. The summed E-state index contributed by atoms with van der Waals surface area (Å²) in [7, 11) is 0. The van der Waals surface area contributed by atoms with E-state index >= 15 is 0 Å². The minimum absolute atomic E-state index is 0.137. The number of ether oxygens (including phenoxy) is 2. The summed E-state index contributed by atoms with van der Waals surface area (Å²) in [5.74, 6) is 2.58. The van der Waals surface area contributed by atoms with Crippen LogP contribution < -0.4 is 14.8 Å². The van der Waals surface area contributed by atoms with Gasteiger partial charge < -0.3 is 19.4 Å². The van der Waals surface area contributed by atoms with Gasteiger partial charge in [0, 0.05) is 24.2 Å². The summed E-state index contributed by atoms with van der Waals surface area (Å²) in [6.45, 7) is 3.16. The van der Waals surface area contributed by atoms with Gasteiger partial charge in [-0.15, -0.1) is 10.2 Å². The Labute approximate surface area is 186 Å². The molecule has 1 amide bonds. The van der Waals surface area contributed by atoms with Crippen LogP contribution in [0, 0.1) is 0 Å². The van der Waals surface area contributed by atoms with Crippen LogP contribution in [0.2, 0.25) is 5.02 Å². The molecule has 0 aliphatic carbocycles. The number of aromatic nitrogens is 3.